The maximum absolute atomic E-state index is 4.79. The first-order chi connectivity index (χ1) is 11.8. The molecule has 1 aliphatic carbocycles. The van der Waals surface area contributed by atoms with Crippen molar-refractivity contribution in [1.29, 1.82) is 0 Å². The molecule has 1 saturated carbocycles. The smallest absolute Gasteiger partial charge is 0.133 e. The molecular formula is C21H16BrN2. The molecule has 0 saturated heterocycles. The van der Waals surface area contributed by atoms with Crippen LogP contribution in [0.25, 0.3) is 23.2 Å². The van der Waals surface area contributed by atoms with Crippen LogP contribution in [0.5, 0.6) is 0 Å². The quantitative estimate of drug-likeness (QED) is 0.598. The highest BCUT2D eigenvalue weighted by atomic mass is 79.9. The minimum absolute atomic E-state index is 0.827. The van der Waals surface area contributed by atoms with Gasteiger partial charge >= 0.3 is 0 Å². The number of rotatable bonds is 4. The van der Waals surface area contributed by atoms with Crippen LogP contribution in [0.15, 0.2) is 53.0 Å². The van der Waals surface area contributed by atoms with Gasteiger partial charge in [-0.1, -0.05) is 46.3 Å². The number of nitrogens with zero attached hydrogens (tertiary/aromatic N) is 2. The molecule has 0 N–H and O–H groups in total. The lowest BCUT2D eigenvalue weighted by atomic mass is 10.1. The van der Waals surface area contributed by atoms with Crippen LogP contribution in [0.1, 0.15) is 11.4 Å². The minimum atomic E-state index is 0.827. The fraction of sp³-hybridized carbons (Fsp3) is 0.0476. The van der Waals surface area contributed by atoms with Gasteiger partial charge in [-0.25, -0.2) is 4.98 Å². The fourth-order valence-corrected chi connectivity index (χ4v) is 3.10. The topological polar surface area (TPSA) is 17.8 Å². The molecule has 2 aromatic carbocycles. The Morgan fingerprint density at radius 3 is 2.46 bits per heavy atom. The van der Waals surface area contributed by atoms with E-state index in [9.17, 15) is 0 Å². The zero-order chi connectivity index (χ0) is 16.4. The summed E-state index contributed by atoms with van der Waals surface area (Å²) in [5, 5.41) is 0. The lowest BCUT2D eigenvalue weighted by Gasteiger charge is -2.12. The van der Waals surface area contributed by atoms with Crippen molar-refractivity contribution in [2.45, 2.75) is 6.54 Å². The van der Waals surface area contributed by atoms with Gasteiger partial charge in [0.05, 0.1) is 11.0 Å². The summed E-state index contributed by atoms with van der Waals surface area (Å²) in [7, 11) is 0. The summed E-state index contributed by atoms with van der Waals surface area (Å²) in [6.45, 7) is 0.827. The van der Waals surface area contributed by atoms with E-state index in [2.05, 4.69) is 88.7 Å². The Kier molecular flexibility index (Phi) is 4.52. The van der Waals surface area contributed by atoms with Crippen molar-refractivity contribution in [3.63, 3.8) is 0 Å². The second-order valence-electron chi connectivity index (χ2n) is 5.72. The molecule has 0 unspecified atom stereocenters. The van der Waals surface area contributed by atoms with Gasteiger partial charge in [0.2, 0.25) is 0 Å². The number of hydrogen-bond donors (Lipinski definition) is 0. The number of halogens is 1. The Morgan fingerprint density at radius 1 is 0.917 bits per heavy atom. The van der Waals surface area contributed by atoms with E-state index >= 15 is 0 Å². The summed E-state index contributed by atoms with van der Waals surface area (Å²) < 4.78 is 3.35. The lowest BCUT2D eigenvalue weighted by molar-refractivity contribution is 0.757. The molecule has 3 aromatic rings. The molecule has 4 rings (SSSR count). The second-order valence-corrected chi connectivity index (χ2v) is 6.64. The fourth-order valence-electron chi connectivity index (χ4n) is 2.83. The van der Waals surface area contributed by atoms with Gasteiger partial charge in [0, 0.05) is 16.9 Å². The molecule has 0 amide bonds. The standard InChI is InChI=1S/C21H16BrN2/c22-18-12-9-16(10-13-18)11-14-21-23-19-7-3-4-8-20(19)24(21)15-17-5-1-2-6-17/h1-14H,15H2/b14-11+. The van der Waals surface area contributed by atoms with E-state index in [0.717, 1.165) is 33.4 Å². The predicted molar refractivity (Wildman–Crippen MR) is 103 cm³/mol. The molecule has 0 spiro atoms. The van der Waals surface area contributed by atoms with Crippen molar-refractivity contribution in [2.24, 2.45) is 0 Å². The van der Waals surface area contributed by atoms with Crippen molar-refractivity contribution in [2.75, 3.05) is 0 Å². The first-order valence-corrected chi connectivity index (χ1v) is 8.68. The minimum Gasteiger partial charge on any atom is -0.324 e. The number of para-hydroxylation sites is 2. The van der Waals surface area contributed by atoms with Crippen molar-refractivity contribution in [3.8, 4) is 0 Å². The molecule has 24 heavy (non-hydrogen) atoms. The van der Waals surface area contributed by atoms with E-state index in [0.29, 0.717) is 0 Å². The van der Waals surface area contributed by atoms with Crippen LogP contribution in [-0.4, -0.2) is 9.55 Å². The summed E-state index contributed by atoms with van der Waals surface area (Å²) in [4.78, 5) is 4.79. The third-order valence-corrected chi connectivity index (χ3v) is 4.58. The number of aromatic nitrogens is 2. The molecule has 1 aromatic heterocycles. The first-order valence-electron chi connectivity index (χ1n) is 7.89. The van der Waals surface area contributed by atoms with Gasteiger partial charge in [0.15, 0.2) is 0 Å². The van der Waals surface area contributed by atoms with E-state index in [1.807, 2.05) is 18.2 Å². The molecule has 3 heteroatoms. The zero-order valence-electron chi connectivity index (χ0n) is 13.1. The van der Waals surface area contributed by atoms with Gasteiger partial charge < -0.3 is 4.57 Å². The normalized spacial score (nSPS) is 15.7. The van der Waals surface area contributed by atoms with Gasteiger partial charge in [-0.15, -0.1) is 0 Å². The van der Waals surface area contributed by atoms with Crippen molar-refractivity contribution in [1.82, 2.24) is 9.55 Å². The molecule has 2 nitrogen and oxygen atoms in total. The van der Waals surface area contributed by atoms with Crippen molar-refractivity contribution in [3.05, 3.63) is 96.0 Å². The highest BCUT2D eigenvalue weighted by Gasteiger charge is 2.19. The monoisotopic (exact) mass is 375 g/mol. The summed E-state index contributed by atoms with van der Waals surface area (Å²) in [6, 6.07) is 16.6. The Morgan fingerprint density at radius 2 is 1.67 bits per heavy atom. The molecule has 0 aliphatic heterocycles. The SMILES string of the molecule is Brc1ccc(/C=C/c2nc3ccccc3n2C[C]2[CH][CH][CH][CH]2)cc1. The average molecular weight is 376 g/mol. The summed E-state index contributed by atoms with van der Waals surface area (Å²) in [6.07, 6.45) is 12.6. The van der Waals surface area contributed by atoms with Crippen LogP contribution in [0.2, 0.25) is 0 Å². The van der Waals surface area contributed by atoms with Crippen LogP contribution < -0.4 is 0 Å². The number of imidazole rings is 1. The van der Waals surface area contributed by atoms with Crippen LogP contribution in [0.4, 0.5) is 0 Å². The average Bonchev–Trinajstić information content (AvgIpc) is 3.23. The molecule has 1 heterocycles. The largest absolute Gasteiger partial charge is 0.324 e. The molecule has 1 aliphatic rings. The Balaban J connectivity index is 1.69. The van der Waals surface area contributed by atoms with Gasteiger partial charge in [-0.2, -0.15) is 0 Å². The summed E-state index contributed by atoms with van der Waals surface area (Å²) in [5.74, 6) is 2.26. The molecule has 5 radical (unpaired) electrons. The second kappa shape index (κ2) is 6.94. The molecular weight excluding hydrogens is 360 g/mol. The number of hydrogen-bond acceptors (Lipinski definition) is 1. The van der Waals surface area contributed by atoms with Crippen LogP contribution in [-0.2, 0) is 6.54 Å². The third-order valence-electron chi connectivity index (χ3n) is 4.05. The van der Waals surface area contributed by atoms with Gasteiger partial charge in [-0.3, -0.25) is 0 Å². The molecule has 0 atom stereocenters. The van der Waals surface area contributed by atoms with E-state index in [-0.39, 0.29) is 0 Å². The summed E-state index contributed by atoms with van der Waals surface area (Å²) >= 11 is 3.47. The molecule has 1 fully saturated rings. The molecule has 0 bridgehead atoms. The number of benzene rings is 2. The Hall–Kier alpha value is -1.87. The van der Waals surface area contributed by atoms with E-state index in [1.54, 1.807) is 0 Å². The Bertz CT molecular complexity index is 855. The van der Waals surface area contributed by atoms with Gasteiger partial charge in [0.1, 0.15) is 5.82 Å². The highest BCUT2D eigenvalue weighted by Crippen LogP contribution is 2.28. The van der Waals surface area contributed by atoms with E-state index in [1.165, 1.54) is 5.92 Å². The number of fused-ring (bicyclic) bond motifs is 1. The Labute approximate surface area is 151 Å². The maximum Gasteiger partial charge on any atom is 0.133 e. The van der Waals surface area contributed by atoms with Crippen molar-refractivity contribution < 1.29 is 0 Å². The lowest BCUT2D eigenvalue weighted by Crippen LogP contribution is -2.08. The third kappa shape index (κ3) is 3.32. The maximum atomic E-state index is 4.79. The van der Waals surface area contributed by atoms with Gasteiger partial charge in [-0.05, 0) is 61.6 Å². The van der Waals surface area contributed by atoms with Crippen LogP contribution >= 0.6 is 15.9 Å². The summed E-state index contributed by atoms with van der Waals surface area (Å²) in [5.41, 5.74) is 3.35. The zero-order valence-corrected chi connectivity index (χ0v) is 14.6. The van der Waals surface area contributed by atoms with Crippen LogP contribution in [0.3, 0.4) is 0 Å². The van der Waals surface area contributed by atoms with E-state index in [4.69, 9.17) is 4.98 Å². The van der Waals surface area contributed by atoms with E-state index < -0.39 is 0 Å². The highest BCUT2D eigenvalue weighted by molar-refractivity contribution is 9.10. The van der Waals surface area contributed by atoms with Crippen molar-refractivity contribution >= 4 is 39.1 Å². The van der Waals surface area contributed by atoms with Gasteiger partial charge in [0.25, 0.3) is 0 Å². The first kappa shape index (κ1) is 15.6. The van der Waals surface area contributed by atoms with Crippen LogP contribution in [0, 0.1) is 31.6 Å². The molecule has 117 valence electrons. The predicted octanol–water partition coefficient (Wildman–Crippen LogP) is 5.37.